The third kappa shape index (κ3) is 3.21. The van der Waals surface area contributed by atoms with E-state index in [1.165, 1.54) is 6.08 Å². The molecule has 1 aromatic rings. The van der Waals surface area contributed by atoms with Gasteiger partial charge in [0.2, 0.25) is 6.79 Å². The number of hydrogen-bond donors (Lipinski definition) is 1. The van der Waals surface area contributed by atoms with Crippen LogP contribution in [-0.4, -0.2) is 23.4 Å². The summed E-state index contributed by atoms with van der Waals surface area (Å²) in [6.07, 6.45) is 1.29. The van der Waals surface area contributed by atoms with E-state index in [4.69, 9.17) is 14.6 Å². The second kappa shape index (κ2) is 6.61. The largest absolute Gasteiger partial charge is 0.454 e. The van der Waals surface area contributed by atoms with Gasteiger partial charge in [-0.2, -0.15) is 0 Å². The predicted molar refractivity (Wildman–Crippen MR) is 66.0 cm³/mol. The van der Waals surface area contributed by atoms with Crippen LogP contribution in [0.2, 0.25) is 0 Å². The van der Waals surface area contributed by atoms with E-state index >= 15 is 0 Å². The standard InChI is InChI=1S/C10H9NO5.C2H6/c12-5-8(11(13)14)3-7-1-2-9-10(4-7)16-6-15-9;1-2/h1-4,12H,5-6H2;1-2H3/b8-3+;. The van der Waals surface area contributed by atoms with Crippen molar-refractivity contribution in [1.29, 1.82) is 0 Å². The van der Waals surface area contributed by atoms with Crippen LogP contribution in [-0.2, 0) is 0 Å². The summed E-state index contributed by atoms with van der Waals surface area (Å²) in [7, 11) is 0. The van der Waals surface area contributed by atoms with Crippen molar-refractivity contribution in [3.63, 3.8) is 0 Å². The first-order valence-corrected chi connectivity index (χ1v) is 5.56. The minimum Gasteiger partial charge on any atom is -0.454 e. The van der Waals surface area contributed by atoms with E-state index < -0.39 is 11.5 Å². The Morgan fingerprint density at radius 2 is 2.11 bits per heavy atom. The van der Waals surface area contributed by atoms with E-state index in [0.717, 1.165) is 0 Å². The number of ether oxygens (including phenoxy) is 2. The molecule has 0 radical (unpaired) electrons. The normalized spacial score (nSPS) is 12.7. The lowest BCUT2D eigenvalue weighted by Gasteiger charge is -1.98. The van der Waals surface area contributed by atoms with E-state index in [1.54, 1.807) is 18.2 Å². The zero-order valence-electron chi connectivity index (χ0n) is 10.3. The van der Waals surface area contributed by atoms with Gasteiger partial charge < -0.3 is 14.6 Å². The van der Waals surface area contributed by atoms with E-state index in [1.807, 2.05) is 13.8 Å². The smallest absolute Gasteiger partial charge is 0.271 e. The molecule has 6 heteroatoms. The fourth-order valence-corrected chi connectivity index (χ4v) is 1.35. The van der Waals surface area contributed by atoms with E-state index in [2.05, 4.69) is 0 Å². The third-order valence-corrected chi connectivity index (χ3v) is 2.13. The Bertz CT molecular complexity index is 456. The number of benzene rings is 1. The Morgan fingerprint density at radius 3 is 2.72 bits per heavy atom. The van der Waals surface area contributed by atoms with Gasteiger partial charge in [0.25, 0.3) is 5.70 Å². The SMILES string of the molecule is CC.O=[N+]([O-])/C(=C/c1ccc2c(c1)OCO2)CO. The van der Waals surface area contributed by atoms with Gasteiger partial charge in [0.1, 0.15) is 6.61 Å². The maximum absolute atomic E-state index is 10.5. The predicted octanol–water partition coefficient (Wildman–Crippen LogP) is 2.05. The van der Waals surface area contributed by atoms with Crippen LogP contribution in [0.25, 0.3) is 6.08 Å². The molecule has 0 bridgehead atoms. The number of hydrogen-bond acceptors (Lipinski definition) is 5. The minimum absolute atomic E-state index is 0.157. The summed E-state index contributed by atoms with van der Waals surface area (Å²) in [5.41, 5.74) is 0.323. The first kappa shape index (κ1) is 14.0. The highest BCUT2D eigenvalue weighted by Gasteiger charge is 2.14. The Hall–Kier alpha value is -2.08. The Morgan fingerprint density at radius 1 is 1.44 bits per heavy atom. The average Bonchev–Trinajstić information content (AvgIpc) is 2.85. The van der Waals surface area contributed by atoms with Crippen molar-refractivity contribution in [2.75, 3.05) is 13.4 Å². The lowest BCUT2D eigenvalue weighted by atomic mass is 10.2. The summed E-state index contributed by atoms with van der Waals surface area (Å²) in [5, 5.41) is 19.3. The highest BCUT2D eigenvalue weighted by atomic mass is 16.7. The Labute approximate surface area is 105 Å². The van der Waals surface area contributed by atoms with Gasteiger partial charge in [0.05, 0.1) is 4.92 Å². The quantitative estimate of drug-likeness (QED) is 0.658. The van der Waals surface area contributed by atoms with Crippen LogP contribution in [0, 0.1) is 10.1 Å². The summed E-state index contributed by atoms with van der Waals surface area (Å²) < 4.78 is 10.2. The number of nitrogens with zero attached hydrogens (tertiary/aromatic N) is 1. The topological polar surface area (TPSA) is 81.8 Å². The van der Waals surface area contributed by atoms with Crippen molar-refractivity contribution in [2.45, 2.75) is 13.8 Å². The second-order valence-corrected chi connectivity index (χ2v) is 3.16. The summed E-state index contributed by atoms with van der Waals surface area (Å²) in [4.78, 5) is 9.87. The van der Waals surface area contributed by atoms with Crippen molar-refractivity contribution < 1.29 is 19.5 Å². The first-order valence-electron chi connectivity index (χ1n) is 5.56. The number of aliphatic hydroxyl groups excluding tert-OH is 1. The zero-order chi connectivity index (χ0) is 13.5. The van der Waals surface area contributed by atoms with Crippen molar-refractivity contribution in [1.82, 2.24) is 0 Å². The van der Waals surface area contributed by atoms with Gasteiger partial charge in [0, 0.05) is 6.08 Å². The fourth-order valence-electron chi connectivity index (χ4n) is 1.35. The Kier molecular flexibility index (Phi) is 5.13. The monoisotopic (exact) mass is 253 g/mol. The molecule has 0 fully saturated rings. The van der Waals surface area contributed by atoms with Gasteiger partial charge >= 0.3 is 0 Å². The molecule has 2 rings (SSSR count). The highest BCUT2D eigenvalue weighted by molar-refractivity contribution is 5.57. The van der Waals surface area contributed by atoms with Gasteiger partial charge in [-0.15, -0.1) is 0 Å². The molecular formula is C12H15NO5. The molecule has 0 amide bonds. The van der Waals surface area contributed by atoms with Crippen LogP contribution in [0.3, 0.4) is 0 Å². The maximum atomic E-state index is 10.5. The lowest BCUT2D eigenvalue weighted by Crippen LogP contribution is -2.02. The number of nitro groups is 1. The van der Waals surface area contributed by atoms with Crippen LogP contribution in [0.5, 0.6) is 11.5 Å². The molecule has 1 aliphatic rings. The number of rotatable bonds is 3. The van der Waals surface area contributed by atoms with Crippen LogP contribution in [0.1, 0.15) is 19.4 Å². The molecule has 0 aliphatic carbocycles. The van der Waals surface area contributed by atoms with Crippen LogP contribution < -0.4 is 9.47 Å². The zero-order valence-corrected chi connectivity index (χ0v) is 10.3. The average molecular weight is 253 g/mol. The number of aliphatic hydroxyl groups is 1. The van der Waals surface area contributed by atoms with Crippen LogP contribution in [0.4, 0.5) is 0 Å². The van der Waals surface area contributed by atoms with E-state index in [9.17, 15) is 10.1 Å². The molecule has 6 nitrogen and oxygen atoms in total. The molecule has 1 aromatic carbocycles. The summed E-state index contributed by atoms with van der Waals surface area (Å²) in [6.45, 7) is 3.55. The summed E-state index contributed by atoms with van der Waals surface area (Å²) in [5.74, 6) is 1.16. The molecule has 0 saturated carbocycles. The van der Waals surface area contributed by atoms with E-state index in [-0.39, 0.29) is 12.5 Å². The molecule has 0 saturated heterocycles. The maximum Gasteiger partial charge on any atom is 0.271 e. The molecular weight excluding hydrogens is 238 g/mol. The van der Waals surface area contributed by atoms with Crippen LogP contribution >= 0.6 is 0 Å². The number of fused-ring (bicyclic) bond motifs is 1. The second-order valence-electron chi connectivity index (χ2n) is 3.16. The first-order chi connectivity index (χ1) is 8.70. The summed E-state index contributed by atoms with van der Waals surface area (Å²) in [6, 6.07) is 4.96. The van der Waals surface area contributed by atoms with Gasteiger partial charge in [-0.05, 0) is 17.7 Å². The minimum atomic E-state index is -0.620. The highest BCUT2D eigenvalue weighted by Crippen LogP contribution is 2.33. The van der Waals surface area contributed by atoms with Crippen LogP contribution in [0.15, 0.2) is 23.9 Å². The molecule has 0 unspecified atom stereocenters. The van der Waals surface area contributed by atoms with Crippen molar-refractivity contribution in [2.24, 2.45) is 0 Å². The molecule has 0 spiro atoms. The molecule has 0 atom stereocenters. The third-order valence-electron chi connectivity index (χ3n) is 2.13. The molecule has 98 valence electrons. The summed E-state index contributed by atoms with van der Waals surface area (Å²) >= 11 is 0. The Balaban J connectivity index is 0.000000771. The lowest BCUT2D eigenvalue weighted by molar-refractivity contribution is -0.428. The van der Waals surface area contributed by atoms with Gasteiger partial charge in [-0.3, -0.25) is 10.1 Å². The molecule has 1 aliphatic heterocycles. The van der Waals surface area contributed by atoms with Gasteiger partial charge in [0.15, 0.2) is 11.5 Å². The van der Waals surface area contributed by atoms with Gasteiger partial charge in [-0.1, -0.05) is 19.9 Å². The molecule has 1 heterocycles. The molecule has 1 N–H and O–H groups in total. The molecule has 0 aromatic heterocycles. The van der Waals surface area contributed by atoms with Crippen molar-refractivity contribution >= 4 is 6.08 Å². The van der Waals surface area contributed by atoms with Crippen molar-refractivity contribution in [3.8, 4) is 11.5 Å². The van der Waals surface area contributed by atoms with Crippen molar-refractivity contribution in [3.05, 3.63) is 39.6 Å². The molecule has 18 heavy (non-hydrogen) atoms. The van der Waals surface area contributed by atoms with E-state index in [0.29, 0.717) is 17.1 Å². The fraction of sp³-hybridized carbons (Fsp3) is 0.333. The van der Waals surface area contributed by atoms with Gasteiger partial charge in [-0.25, -0.2) is 0 Å².